The van der Waals surface area contributed by atoms with Crippen LogP contribution < -0.4 is 5.32 Å². The number of hydrogen-bond acceptors (Lipinski definition) is 2. The normalized spacial score (nSPS) is 13.9. The Morgan fingerprint density at radius 3 is 2.53 bits per heavy atom. The molecule has 1 saturated heterocycles. The average Bonchev–Trinajstić information content (AvgIpc) is 2.35. The number of hydrogen-bond donors (Lipinski definition) is 1. The van der Waals surface area contributed by atoms with Crippen molar-refractivity contribution >= 4 is 5.91 Å². The third-order valence-corrected chi connectivity index (χ3v) is 3.82. The number of carbonyl (C=O) groups excluding carboxylic acids is 1. The molecule has 2 rings (SSSR count). The van der Waals surface area contributed by atoms with E-state index in [1.165, 1.54) is 16.7 Å². The maximum absolute atomic E-state index is 12.5. The molecule has 0 aliphatic carbocycles. The summed E-state index contributed by atoms with van der Waals surface area (Å²) in [6.45, 7) is 9.23. The third kappa shape index (κ3) is 3.04. The molecule has 19 heavy (non-hydrogen) atoms. The fourth-order valence-corrected chi connectivity index (χ4v) is 2.22. The van der Waals surface area contributed by atoms with Crippen molar-refractivity contribution in [1.29, 1.82) is 0 Å². The molecule has 0 radical (unpaired) electrons. The zero-order valence-electron chi connectivity index (χ0n) is 12.0. The van der Waals surface area contributed by atoms with Gasteiger partial charge in [0.05, 0.1) is 0 Å². The van der Waals surface area contributed by atoms with Crippen LogP contribution in [-0.4, -0.2) is 30.4 Å². The fourth-order valence-electron chi connectivity index (χ4n) is 2.22. The summed E-state index contributed by atoms with van der Waals surface area (Å²) in [6.07, 6.45) is 0. The number of rotatable bonds is 4. The van der Waals surface area contributed by atoms with Crippen molar-refractivity contribution in [2.45, 2.75) is 27.3 Å². The lowest BCUT2D eigenvalue weighted by Gasteiger charge is -2.26. The Labute approximate surface area is 115 Å². The van der Waals surface area contributed by atoms with Gasteiger partial charge >= 0.3 is 0 Å². The highest BCUT2D eigenvalue weighted by Crippen LogP contribution is 2.15. The molecule has 1 aromatic rings. The average molecular weight is 258 g/mol. The highest BCUT2D eigenvalue weighted by molar-refractivity contribution is 5.94. The lowest BCUT2D eigenvalue weighted by molar-refractivity contribution is -0.127. The summed E-state index contributed by atoms with van der Waals surface area (Å²) in [7, 11) is 0. The van der Waals surface area contributed by atoms with Gasteiger partial charge in [-0.25, -0.2) is 0 Å². The molecule has 1 aliphatic rings. The first-order chi connectivity index (χ1) is 9.13. The van der Waals surface area contributed by atoms with E-state index in [9.17, 15) is 4.79 Å². The molecule has 1 N–H and O–H groups in total. The van der Waals surface area contributed by atoms with Gasteiger partial charge in [-0.2, -0.15) is 0 Å². The quantitative estimate of drug-likeness (QED) is 0.840. The van der Waals surface area contributed by atoms with Gasteiger partial charge in [0.2, 0.25) is 5.91 Å². The smallest absolute Gasteiger partial charge is 0.249 e. The Morgan fingerprint density at radius 1 is 1.32 bits per heavy atom. The van der Waals surface area contributed by atoms with Gasteiger partial charge in [0.1, 0.15) is 0 Å². The highest BCUT2D eigenvalue weighted by Gasteiger charge is 2.20. The molecule has 1 fully saturated rings. The first kappa shape index (κ1) is 13.8. The van der Waals surface area contributed by atoms with E-state index in [1.54, 1.807) is 0 Å². The van der Waals surface area contributed by atoms with E-state index in [0.29, 0.717) is 6.54 Å². The lowest BCUT2D eigenvalue weighted by Crippen LogP contribution is -2.39. The topological polar surface area (TPSA) is 32.3 Å². The minimum Gasteiger partial charge on any atom is -0.335 e. The summed E-state index contributed by atoms with van der Waals surface area (Å²) >= 11 is 0. The van der Waals surface area contributed by atoms with E-state index in [0.717, 1.165) is 25.2 Å². The van der Waals surface area contributed by atoms with Crippen LogP contribution >= 0.6 is 0 Å². The zero-order valence-corrected chi connectivity index (χ0v) is 12.0. The maximum atomic E-state index is 12.5. The minimum absolute atomic E-state index is 0.169. The van der Waals surface area contributed by atoms with Gasteiger partial charge in [-0.1, -0.05) is 24.3 Å². The molecule has 0 saturated carbocycles. The van der Waals surface area contributed by atoms with Gasteiger partial charge in [-0.05, 0) is 37.5 Å². The first-order valence-electron chi connectivity index (χ1n) is 6.86. The minimum atomic E-state index is 0.169. The van der Waals surface area contributed by atoms with Gasteiger partial charge in [0, 0.05) is 31.8 Å². The Balaban J connectivity index is 2.12. The molecule has 1 heterocycles. The summed E-state index contributed by atoms with van der Waals surface area (Å²) in [4.78, 5) is 14.4. The van der Waals surface area contributed by atoms with Crippen molar-refractivity contribution in [3.8, 4) is 0 Å². The van der Waals surface area contributed by atoms with Gasteiger partial charge in [-0.15, -0.1) is 0 Å². The van der Waals surface area contributed by atoms with E-state index in [1.807, 2.05) is 30.9 Å². The molecule has 1 amide bonds. The van der Waals surface area contributed by atoms with Crippen LogP contribution in [0.25, 0.3) is 0 Å². The van der Waals surface area contributed by atoms with Crippen LogP contribution in [0.1, 0.15) is 25.0 Å². The second-order valence-corrected chi connectivity index (χ2v) is 5.08. The molecule has 0 spiro atoms. The van der Waals surface area contributed by atoms with Crippen molar-refractivity contribution in [3.05, 3.63) is 46.5 Å². The van der Waals surface area contributed by atoms with E-state index in [-0.39, 0.29) is 5.91 Å². The van der Waals surface area contributed by atoms with Crippen molar-refractivity contribution in [1.82, 2.24) is 10.2 Å². The SMILES string of the molecule is CCN(Cc1ccccc1C)C(=O)C(C)=C1CNC1. The molecule has 0 aromatic heterocycles. The standard InChI is InChI=1S/C16H22N2O/c1-4-18(11-14-8-6-5-7-12(14)2)16(19)13(3)15-9-17-10-15/h5-8,17H,4,9-11H2,1-3H3. The second kappa shape index (κ2) is 6.02. The molecular formula is C16H22N2O. The second-order valence-electron chi connectivity index (χ2n) is 5.08. The molecule has 102 valence electrons. The highest BCUT2D eigenvalue weighted by atomic mass is 16.2. The summed E-state index contributed by atoms with van der Waals surface area (Å²) in [5.41, 5.74) is 4.62. The maximum Gasteiger partial charge on any atom is 0.249 e. The van der Waals surface area contributed by atoms with Crippen molar-refractivity contribution < 1.29 is 4.79 Å². The summed E-state index contributed by atoms with van der Waals surface area (Å²) in [6, 6.07) is 8.25. The number of carbonyl (C=O) groups is 1. The molecule has 3 nitrogen and oxygen atoms in total. The van der Waals surface area contributed by atoms with Crippen LogP contribution in [0, 0.1) is 6.92 Å². The third-order valence-electron chi connectivity index (χ3n) is 3.82. The van der Waals surface area contributed by atoms with Gasteiger partial charge in [0.25, 0.3) is 0 Å². The molecule has 1 aliphatic heterocycles. The summed E-state index contributed by atoms with van der Waals surface area (Å²) in [5.74, 6) is 0.169. The molecular weight excluding hydrogens is 236 g/mol. The van der Waals surface area contributed by atoms with E-state index in [4.69, 9.17) is 0 Å². The number of benzene rings is 1. The predicted molar refractivity (Wildman–Crippen MR) is 77.8 cm³/mol. The summed E-state index contributed by atoms with van der Waals surface area (Å²) < 4.78 is 0. The summed E-state index contributed by atoms with van der Waals surface area (Å²) in [5, 5.41) is 3.18. The molecule has 0 bridgehead atoms. The first-order valence-corrected chi connectivity index (χ1v) is 6.86. The predicted octanol–water partition coefficient (Wildman–Crippen LogP) is 2.26. The Morgan fingerprint density at radius 2 is 2.00 bits per heavy atom. The monoisotopic (exact) mass is 258 g/mol. The largest absolute Gasteiger partial charge is 0.335 e. The van der Waals surface area contributed by atoms with Gasteiger partial charge in [0.15, 0.2) is 0 Å². The van der Waals surface area contributed by atoms with Crippen LogP contribution in [0.4, 0.5) is 0 Å². The van der Waals surface area contributed by atoms with Crippen LogP contribution in [0.15, 0.2) is 35.4 Å². The number of likely N-dealkylation sites (N-methyl/N-ethyl adjacent to an activating group) is 1. The lowest BCUT2D eigenvalue weighted by atomic mass is 10.0. The zero-order chi connectivity index (χ0) is 13.8. The molecule has 3 heteroatoms. The Bertz CT molecular complexity index is 499. The fraction of sp³-hybridized carbons (Fsp3) is 0.438. The molecule has 1 aromatic carbocycles. The van der Waals surface area contributed by atoms with E-state index >= 15 is 0 Å². The molecule has 0 unspecified atom stereocenters. The van der Waals surface area contributed by atoms with E-state index in [2.05, 4.69) is 24.4 Å². The Kier molecular flexibility index (Phi) is 4.38. The van der Waals surface area contributed by atoms with Crippen molar-refractivity contribution in [2.24, 2.45) is 0 Å². The number of nitrogens with one attached hydrogen (secondary N) is 1. The van der Waals surface area contributed by atoms with Crippen LogP contribution in [0.2, 0.25) is 0 Å². The van der Waals surface area contributed by atoms with Gasteiger partial charge in [-0.3, -0.25) is 4.79 Å². The Hall–Kier alpha value is -1.61. The molecule has 0 atom stereocenters. The van der Waals surface area contributed by atoms with Crippen LogP contribution in [0.3, 0.4) is 0 Å². The van der Waals surface area contributed by atoms with Crippen molar-refractivity contribution in [3.63, 3.8) is 0 Å². The van der Waals surface area contributed by atoms with E-state index < -0.39 is 0 Å². The number of aryl methyl sites for hydroxylation is 1. The number of nitrogens with zero attached hydrogens (tertiary/aromatic N) is 1. The number of amides is 1. The van der Waals surface area contributed by atoms with Gasteiger partial charge < -0.3 is 10.2 Å². The van der Waals surface area contributed by atoms with Crippen LogP contribution in [0.5, 0.6) is 0 Å². The van der Waals surface area contributed by atoms with Crippen molar-refractivity contribution in [2.75, 3.05) is 19.6 Å². The van der Waals surface area contributed by atoms with Crippen LogP contribution in [-0.2, 0) is 11.3 Å².